The van der Waals surface area contributed by atoms with Crippen LogP contribution in [-0.2, 0) is 16.4 Å². The summed E-state index contributed by atoms with van der Waals surface area (Å²) in [5.41, 5.74) is 1.61. The van der Waals surface area contributed by atoms with Crippen molar-refractivity contribution in [1.29, 1.82) is 0 Å². The second-order valence-corrected chi connectivity index (χ2v) is 7.93. The Kier molecular flexibility index (Phi) is 5.20. The molecule has 1 fully saturated rings. The van der Waals surface area contributed by atoms with Crippen LogP contribution in [0.25, 0.3) is 0 Å². The van der Waals surface area contributed by atoms with Crippen molar-refractivity contribution in [3.8, 4) is 5.75 Å². The van der Waals surface area contributed by atoms with Gasteiger partial charge in [-0.15, -0.1) is 0 Å². The predicted molar refractivity (Wildman–Crippen MR) is 95.4 cm³/mol. The van der Waals surface area contributed by atoms with E-state index in [1.165, 1.54) is 12.1 Å². The molecule has 0 atom stereocenters. The Labute approximate surface area is 148 Å². The maximum absolute atomic E-state index is 12.3. The predicted octanol–water partition coefficient (Wildman–Crippen LogP) is 2.81. The number of ketones is 1. The number of hydrogen-bond donors (Lipinski definition) is 1. The zero-order valence-corrected chi connectivity index (χ0v) is 14.9. The zero-order chi connectivity index (χ0) is 17.9. The van der Waals surface area contributed by atoms with E-state index in [4.69, 9.17) is 4.74 Å². The molecule has 2 aromatic carbocycles. The third-order valence-corrected chi connectivity index (χ3v) is 5.74. The lowest BCUT2D eigenvalue weighted by Gasteiger charge is -2.08. The van der Waals surface area contributed by atoms with E-state index in [9.17, 15) is 13.2 Å². The van der Waals surface area contributed by atoms with Crippen LogP contribution in [0.4, 0.5) is 0 Å². The van der Waals surface area contributed by atoms with E-state index < -0.39 is 10.0 Å². The van der Waals surface area contributed by atoms with E-state index in [1.807, 2.05) is 24.3 Å². The SMILES string of the molecule is COc1ccc(CCNS(=O)(=O)c2ccc(C(=O)C3CC3)cc2)cc1. The van der Waals surface area contributed by atoms with Crippen LogP contribution in [0.2, 0.25) is 0 Å². The van der Waals surface area contributed by atoms with E-state index in [2.05, 4.69) is 4.72 Å². The van der Waals surface area contributed by atoms with Crippen LogP contribution < -0.4 is 9.46 Å². The summed E-state index contributed by atoms with van der Waals surface area (Å²) >= 11 is 0. The maximum Gasteiger partial charge on any atom is 0.240 e. The Morgan fingerprint density at radius 1 is 1.08 bits per heavy atom. The van der Waals surface area contributed by atoms with Crippen LogP contribution in [0.3, 0.4) is 0 Å². The van der Waals surface area contributed by atoms with Gasteiger partial charge < -0.3 is 4.74 Å². The number of nitrogens with one attached hydrogen (secondary N) is 1. The smallest absolute Gasteiger partial charge is 0.240 e. The molecule has 0 unspecified atom stereocenters. The van der Waals surface area contributed by atoms with Gasteiger partial charge in [-0.05, 0) is 49.1 Å². The number of Topliss-reactive ketones (excluding diaryl/α,β-unsaturated/α-hetero) is 1. The molecular weight excluding hydrogens is 338 g/mol. The molecule has 0 bridgehead atoms. The number of ether oxygens (including phenoxy) is 1. The lowest BCUT2D eigenvalue weighted by molar-refractivity contribution is 0.0967. The summed E-state index contributed by atoms with van der Waals surface area (Å²) in [7, 11) is -1.97. The van der Waals surface area contributed by atoms with Gasteiger partial charge in [-0.2, -0.15) is 0 Å². The first-order valence-electron chi connectivity index (χ1n) is 8.26. The lowest BCUT2D eigenvalue weighted by atomic mass is 10.1. The highest BCUT2D eigenvalue weighted by Gasteiger charge is 2.30. The van der Waals surface area contributed by atoms with Gasteiger partial charge in [0.1, 0.15) is 5.75 Å². The summed E-state index contributed by atoms with van der Waals surface area (Å²) in [6.45, 7) is 0.303. The Morgan fingerprint density at radius 2 is 1.72 bits per heavy atom. The highest BCUT2D eigenvalue weighted by atomic mass is 32.2. The fourth-order valence-corrected chi connectivity index (χ4v) is 3.62. The molecular formula is C19H21NO4S. The summed E-state index contributed by atoms with van der Waals surface area (Å²) in [4.78, 5) is 12.1. The van der Waals surface area contributed by atoms with Crippen LogP contribution in [-0.4, -0.2) is 27.9 Å². The van der Waals surface area contributed by atoms with Crippen molar-refractivity contribution < 1.29 is 17.9 Å². The molecule has 0 spiro atoms. The summed E-state index contributed by atoms with van der Waals surface area (Å²) in [5, 5.41) is 0. The molecule has 0 amide bonds. The zero-order valence-electron chi connectivity index (χ0n) is 14.1. The minimum absolute atomic E-state index is 0.108. The van der Waals surface area contributed by atoms with E-state index in [0.717, 1.165) is 24.2 Å². The number of hydrogen-bond acceptors (Lipinski definition) is 4. The number of sulfonamides is 1. The maximum atomic E-state index is 12.3. The van der Waals surface area contributed by atoms with Crippen LogP contribution in [0.1, 0.15) is 28.8 Å². The molecule has 1 N–H and O–H groups in total. The van der Waals surface area contributed by atoms with Gasteiger partial charge in [0.15, 0.2) is 5.78 Å². The summed E-state index contributed by atoms with van der Waals surface area (Å²) < 4.78 is 32.4. The van der Waals surface area contributed by atoms with Crippen LogP contribution in [0, 0.1) is 5.92 Å². The van der Waals surface area contributed by atoms with Crippen molar-refractivity contribution in [2.24, 2.45) is 5.92 Å². The van der Waals surface area contributed by atoms with Crippen LogP contribution in [0.5, 0.6) is 5.75 Å². The van der Waals surface area contributed by atoms with Gasteiger partial charge in [-0.1, -0.05) is 24.3 Å². The van der Waals surface area contributed by atoms with E-state index in [1.54, 1.807) is 19.2 Å². The van der Waals surface area contributed by atoms with Gasteiger partial charge in [0.25, 0.3) is 0 Å². The van der Waals surface area contributed by atoms with Crippen molar-refractivity contribution in [2.45, 2.75) is 24.2 Å². The monoisotopic (exact) mass is 359 g/mol. The molecule has 0 heterocycles. The highest BCUT2D eigenvalue weighted by Crippen LogP contribution is 2.32. The normalized spacial score (nSPS) is 14.3. The quantitative estimate of drug-likeness (QED) is 0.736. The molecule has 5 nitrogen and oxygen atoms in total. The van der Waals surface area contributed by atoms with E-state index in [0.29, 0.717) is 18.5 Å². The third-order valence-electron chi connectivity index (χ3n) is 4.26. The molecule has 2 aromatic rings. The van der Waals surface area contributed by atoms with Crippen molar-refractivity contribution in [1.82, 2.24) is 4.72 Å². The third kappa shape index (κ3) is 4.46. The summed E-state index contributed by atoms with van der Waals surface area (Å²) in [5.74, 6) is 1.01. The van der Waals surface area contributed by atoms with Gasteiger partial charge >= 0.3 is 0 Å². The molecule has 25 heavy (non-hydrogen) atoms. The van der Waals surface area contributed by atoms with Gasteiger partial charge in [0, 0.05) is 18.0 Å². The fraction of sp³-hybridized carbons (Fsp3) is 0.316. The largest absolute Gasteiger partial charge is 0.497 e. The van der Waals surface area contributed by atoms with Crippen molar-refractivity contribution in [3.63, 3.8) is 0 Å². The van der Waals surface area contributed by atoms with Crippen molar-refractivity contribution in [2.75, 3.05) is 13.7 Å². The Morgan fingerprint density at radius 3 is 2.28 bits per heavy atom. The fourth-order valence-electron chi connectivity index (χ4n) is 2.58. The molecule has 0 aliphatic heterocycles. The molecule has 0 aromatic heterocycles. The first-order valence-corrected chi connectivity index (χ1v) is 9.75. The van der Waals surface area contributed by atoms with Gasteiger partial charge in [0.05, 0.1) is 12.0 Å². The highest BCUT2D eigenvalue weighted by molar-refractivity contribution is 7.89. The molecule has 0 radical (unpaired) electrons. The average molecular weight is 359 g/mol. The average Bonchev–Trinajstić information content (AvgIpc) is 3.47. The van der Waals surface area contributed by atoms with E-state index in [-0.39, 0.29) is 16.6 Å². The summed E-state index contributed by atoms with van der Waals surface area (Å²) in [6.07, 6.45) is 2.46. The van der Waals surface area contributed by atoms with Gasteiger partial charge in [-0.3, -0.25) is 4.79 Å². The summed E-state index contributed by atoms with van der Waals surface area (Å²) in [6, 6.07) is 13.7. The Balaban J connectivity index is 1.58. The molecule has 1 aliphatic rings. The minimum atomic E-state index is -3.58. The lowest BCUT2D eigenvalue weighted by Crippen LogP contribution is -2.26. The molecule has 0 saturated heterocycles. The number of methoxy groups -OCH3 is 1. The number of carbonyl (C=O) groups is 1. The minimum Gasteiger partial charge on any atom is -0.497 e. The number of benzene rings is 2. The standard InChI is InChI=1S/C19H21NO4S/c1-24-17-8-2-14(3-9-17)12-13-20-25(22,23)18-10-6-16(7-11-18)19(21)15-4-5-15/h2-3,6-11,15,20H,4-5,12-13H2,1H3. The van der Waals surface area contributed by atoms with Crippen LogP contribution >= 0.6 is 0 Å². The number of carbonyl (C=O) groups excluding carboxylic acids is 1. The van der Waals surface area contributed by atoms with Gasteiger partial charge in [-0.25, -0.2) is 13.1 Å². The van der Waals surface area contributed by atoms with Crippen molar-refractivity contribution in [3.05, 3.63) is 59.7 Å². The van der Waals surface area contributed by atoms with Gasteiger partial charge in [0.2, 0.25) is 10.0 Å². The first-order chi connectivity index (χ1) is 12.0. The molecule has 1 aliphatic carbocycles. The molecule has 3 rings (SSSR count). The Bertz CT molecular complexity index is 838. The first kappa shape index (κ1) is 17.6. The number of rotatable bonds is 8. The molecule has 6 heteroatoms. The topological polar surface area (TPSA) is 72.5 Å². The van der Waals surface area contributed by atoms with Crippen molar-refractivity contribution >= 4 is 15.8 Å². The molecule has 132 valence electrons. The second kappa shape index (κ2) is 7.37. The second-order valence-electron chi connectivity index (χ2n) is 6.16. The Hall–Kier alpha value is -2.18. The van der Waals surface area contributed by atoms with E-state index >= 15 is 0 Å². The van der Waals surface area contributed by atoms with Crippen LogP contribution in [0.15, 0.2) is 53.4 Å². The molecule has 1 saturated carbocycles.